The lowest BCUT2D eigenvalue weighted by atomic mass is 9.96. The Morgan fingerprint density at radius 1 is 1.12 bits per heavy atom. The number of hydrogen-bond donors (Lipinski definition) is 6. The van der Waals surface area contributed by atoms with E-state index in [1.165, 1.54) is 0 Å². The Hall–Kier alpha value is -2.73. The molecule has 0 aromatic carbocycles. The number of nitrogens with zero attached hydrogens (tertiary/aromatic N) is 1. The van der Waals surface area contributed by atoms with Crippen LogP contribution in [-0.4, -0.2) is 63.3 Å². The van der Waals surface area contributed by atoms with E-state index >= 15 is 0 Å². The summed E-state index contributed by atoms with van der Waals surface area (Å²) >= 11 is 0. The zero-order chi connectivity index (χ0) is 18.9. The van der Waals surface area contributed by atoms with E-state index in [9.17, 15) is 24.3 Å². The number of ether oxygens (including phenoxy) is 1. The summed E-state index contributed by atoms with van der Waals surface area (Å²) in [4.78, 5) is 48.1. The molecule has 0 aliphatic rings. The van der Waals surface area contributed by atoms with Crippen molar-refractivity contribution in [2.75, 3.05) is 6.54 Å². The number of aliphatic hydroxyl groups is 1. The molecule has 0 aromatic rings. The number of nitrogens with two attached hydrogens (primary N) is 3. The van der Waals surface area contributed by atoms with Crippen LogP contribution < -0.4 is 17.2 Å². The van der Waals surface area contributed by atoms with Gasteiger partial charge in [-0.25, -0.2) is 9.59 Å². The van der Waals surface area contributed by atoms with Gasteiger partial charge in [-0.2, -0.15) is 0 Å². The van der Waals surface area contributed by atoms with Gasteiger partial charge < -0.3 is 37.3 Å². The fourth-order valence-corrected chi connectivity index (χ4v) is 1.56. The number of esters is 2. The smallest absolute Gasteiger partial charge is 0.336 e. The quantitative estimate of drug-likeness (QED) is 0.0771. The van der Waals surface area contributed by atoms with E-state index in [4.69, 9.17) is 27.4 Å². The normalized spacial score (nSPS) is 14.1. The molecule has 0 spiro atoms. The van der Waals surface area contributed by atoms with Crippen LogP contribution in [0.2, 0.25) is 0 Å². The average Bonchev–Trinajstić information content (AvgIpc) is 2.41. The first-order valence-electron chi connectivity index (χ1n) is 6.71. The van der Waals surface area contributed by atoms with Gasteiger partial charge in [-0.05, 0) is 12.8 Å². The molecule has 12 heteroatoms. The molecule has 0 heterocycles. The summed E-state index contributed by atoms with van der Waals surface area (Å²) in [6.07, 6.45) is -2.06. The van der Waals surface area contributed by atoms with Crippen LogP contribution in [0.15, 0.2) is 4.99 Å². The number of hydrogen-bond acceptors (Lipinski definition) is 8. The van der Waals surface area contributed by atoms with E-state index in [1.807, 2.05) is 0 Å². The lowest BCUT2D eigenvalue weighted by Gasteiger charge is -2.20. The zero-order valence-corrected chi connectivity index (χ0v) is 12.7. The third-order valence-corrected chi connectivity index (χ3v) is 2.76. The molecular weight excluding hydrogens is 328 g/mol. The van der Waals surface area contributed by atoms with Crippen molar-refractivity contribution in [2.24, 2.45) is 22.2 Å². The molecule has 0 fully saturated rings. The number of rotatable bonds is 10. The Balaban J connectivity index is 4.52. The first-order valence-corrected chi connectivity index (χ1v) is 6.71. The Bertz CT molecular complexity index is 531. The minimum absolute atomic E-state index is 0.0845. The van der Waals surface area contributed by atoms with E-state index in [0.29, 0.717) is 6.42 Å². The standard InChI is InChI=1S/C12H20N4O8/c13-6(2-1-3-16-11(14)15)9(20)24-8(19)5-12(23,10(21)22)4-7(17)18/h6,23H,1-5,13H2,(H,17,18)(H,21,22)(H4,14,15,16)/t6-,12?/m1/s1. The van der Waals surface area contributed by atoms with Gasteiger partial charge in [0.2, 0.25) is 0 Å². The highest BCUT2D eigenvalue weighted by Gasteiger charge is 2.42. The van der Waals surface area contributed by atoms with Gasteiger partial charge in [0.05, 0.1) is 12.8 Å². The minimum atomic E-state index is -2.89. The van der Waals surface area contributed by atoms with Gasteiger partial charge in [0, 0.05) is 6.54 Å². The fraction of sp³-hybridized carbons (Fsp3) is 0.583. The van der Waals surface area contributed by atoms with Crippen LogP contribution in [0.4, 0.5) is 0 Å². The van der Waals surface area contributed by atoms with Crippen molar-refractivity contribution >= 4 is 29.8 Å². The summed E-state index contributed by atoms with van der Waals surface area (Å²) in [6, 6.07) is -1.19. The molecule has 0 aliphatic heterocycles. The van der Waals surface area contributed by atoms with E-state index in [1.54, 1.807) is 0 Å². The Labute approximate surface area is 136 Å². The predicted molar refractivity (Wildman–Crippen MR) is 78.4 cm³/mol. The third kappa shape index (κ3) is 8.05. The van der Waals surface area contributed by atoms with Crippen molar-refractivity contribution < 1.29 is 39.2 Å². The predicted octanol–water partition coefficient (Wildman–Crippen LogP) is -2.88. The maximum absolute atomic E-state index is 11.6. The minimum Gasteiger partial charge on any atom is -0.481 e. The highest BCUT2D eigenvalue weighted by molar-refractivity contribution is 5.93. The van der Waals surface area contributed by atoms with Crippen LogP contribution in [0.5, 0.6) is 0 Å². The molecule has 1 unspecified atom stereocenters. The van der Waals surface area contributed by atoms with Crippen LogP contribution in [0.1, 0.15) is 25.7 Å². The van der Waals surface area contributed by atoms with Crippen LogP contribution >= 0.6 is 0 Å². The van der Waals surface area contributed by atoms with Crippen LogP contribution in [0.3, 0.4) is 0 Å². The van der Waals surface area contributed by atoms with Crippen LogP contribution in [-0.2, 0) is 23.9 Å². The molecule has 12 nitrogen and oxygen atoms in total. The van der Waals surface area contributed by atoms with E-state index in [-0.39, 0.29) is 18.9 Å². The molecule has 24 heavy (non-hydrogen) atoms. The number of carbonyl (C=O) groups is 4. The first kappa shape index (κ1) is 21.3. The monoisotopic (exact) mass is 348 g/mol. The summed E-state index contributed by atoms with van der Waals surface area (Å²) in [5, 5.41) is 27.0. The summed E-state index contributed by atoms with van der Waals surface area (Å²) in [7, 11) is 0. The van der Waals surface area contributed by atoms with Gasteiger partial charge in [-0.1, -0.05) is 0 Å². The topological polar surface area (TPSA) is 229 Å². The number of aliphatic imine (C=N–C) groups is 1. The Kier molecular flexibility index (Phi) is 8.35. The molecule has 136 valence electrons. The van der Waals surface area contributed by atoms with Crippen molar-refractivity contribution in [3.8, 4) is 0 Å². The Morgan fingerprint density at radius 2 is 1.71 bits per heavy atom. The molecule has 2 atom stereocenters. The van der Waals surface area contributed by atoms with Crippen molar-refractivity contribution in [1.82, 2.24) is 0 Å². The average molecular weight is 348 g/mol. The largest absolute Gasteiger partial charge is 0.481 e. The highest BCUT2D eigenvalue weighted by Crippen LogP contribution is 2.17. The van der Waals surface area contributed by atoms with Crippen molar-refractivity contribution in [3.63, 3.8) is 0 Å². The Morgan fingerprint density at radius 3 is 2.17 bits per heavy atom. The van der Waals surface area contributed by atoms with Gasteiger partial charge in [0.1, 0.15) is 6.04 Å². The maximum atomic E-state index is 11.6. The first-order chi connectivity index (χ1) is 11.0. The molecule has 0 rings (SSSR count). The molecule has 0 saturated heterocycles. The molecule has 0 radical (unpaired) electrons. The third-order valence-electron chi connectivity index (χ3n) is 2.76. The van der Waals surface area contributed by atoms with Crippen molar-refractivity contribution in [3.05, 3.63) is 0 Å². The summed E-state index contributed by atoms with van der Waals surface area (Å²) in [6.45, 7) is 0.203. The van der Waals surface area contributed by atoms with E-state index in [2.05, 4.69) is 9.73 Å². The molecule has 0 bridgehead atoms. The molecule has 0 aromatic heterocycles. The van der Waals surface area contributed by atoms with Gasteiger partial charge in [0.15, 0.2) is 11.6 Å². The maximum Gasteiger partial charge on any atom is 0.336 e. The molecule has 0 aliphatic carbocycles. The summed E-state index contributed by atoms with van der Waals surface area (Å²) < 4.78 is 4.31. The highest BCUT2D eigenvalue weighted by atomic mass is 16.6. The van der Waals surface area contributed by atoms with Gasteiger partial charge in [0.25, 0.3) is 0 Å². The van der Waals surface area contributed by atoms with Crippen molar-refractivity contribution in [1.29, 1.82) is 0 Å². The number of carboxylic acids is 2. The zero-order valence-electron chi connectivity index (χ0n) is 12.7. The van der Waals surface area contributed by atoms with Crippen LogP contribution in [0.25, 0.3) is 0 Å². The van der Waals surface area contributed by atoms with Gasteiger partial charge >= 0.3 is 23.9 Å². The van der Waals surface area contributed by atoms with E-state index < -0.39 is 48.4 Å². The second-order valence-corrected chi connectivity index (χ2v) is 4.93. The number of carbonyl (C=O) groups excluding carboxylic acids is 2. The fourth-order valence-electron chi connectivity index (χ4n) is 1.56. The SMILES string of the molecule is NC(N)=NCCC[C@@H](N)C(=O)OC(=O)CC(O)(CC(=O)O)C(=O)O. The summed E-state index contributed by atoms with van der Waals surface area (Å²) in [5.41, 5.74) is 12.8. The lowest BCUT2D eigenvalue weighted by molar-refractivity contribution is -0.175. The second kappa shape index (κ2) is 9.42. The molecular formula is C12H20N4O8. The van der Waals surface area contributed by atoms with Gasteiger partial charge in [-0.15, -0.1) is 0 Å². The molecule has 0 amide bonds. The van der Waals surface area contributed by atoms with Crippen LogP contribution in [0, 0.1) is 0 Å². The molecule has 9 N–H and O–H groups in total. The lowest BCUT2D eigenvalue weighted by Crippen LogP contribution is -2.44. The number of guanidine groups is 1. The number of carboxylic acid groups (broad SMARTS) is 2. The van der Waals surface area contributed by atoms with Gasteiger partial charge in [-0.3, -0.25) is 14.6 Å². The second-order valence-electron chi connectivity index (χ2n) is 4.93. The number of aliphatic carboxylic acids is 2. The molecule has 0 saturated carbocycles. The summed E-state index contributed by atoms with van der Waals surface area (Å²) in [5.74, 6) is -6.27. The van der Waals surface area contributed by atoms with Crippen molar-refractivity contribution in [2.45, 2.75) is 37.3 Å². The van der Waals surface area contributed by atoms with E-state index in [0.717, 1.165) is 0 Å².